The SMILES string of the molecule is CCCC[O][Ti]([CH2]C(C(C)=O)C(=O)O)([CH2]C(C(C)=O)C(=O)O)[O]CCCC. The monoisotopic (exact) mass is 424 g/mol. The van der Waals surface area contributed by atoms with Crippen LogP contribution < -0.4 is 0 Å². The van der Waals surface area contributed by atoms with Crippen LogP contribution in [0.3, 0.4) is 0 Å². The first-order chi connectivity index (χ1) is 12.6. The number of carboxylic acid groups (broad SMARTS) is 2. The number of rotatable bonds is 16. The molecule has 2 atom stereocenters. The van der Waals surface area contributed by atoms with Crippen molar-refractivity contribution in [2.45, 2.75) is 62.8 Å². The van der Waals surface area contributed by atoms with Gasteiger partial charge in [0.25, 0.3) is 0 Å². The van der Waals surface area contributed by atoms with Gasteiger partial charge in [0, 0.05) is 0 Å². The second-order valence-electron chi connectivity index (χ2n) is 6.73. The molecule has 8 nitrogen and oxygen atoms in total. The number of unbranched alkanes of at least 4 members (excludes halogenated alkanes) is 2. The molecule has 0 aromatic heterocycles. The van der Waals surface area contributed by atoms with Crippen LogP contribution in [-0.4, -0.2) is 46.9 Å². The Bertz CT molecular complexity index is 445. The van der Waals surface area contributed by atoms with Gasteiger partial charge in [0.05, 0.1) is 0 Å². The van der Waals surface area contributed by atoms with E-state index in [1.165, 1.54) is 13.8 Å². The van der Waals surface area contributed by atoms with E-state index in [4.69, 9.17) is 6.64 Å². The van der Waals surface area contributed by atoms with E-state index < -0.39 is 52.7 Å². The molecule has 0 aliphatic rings. The van der Waals surface area contributed by atoms with Crippen molar-refractivity contribution in [2.75, 3.05) is 13.2 Å². The van der Waals surface area contributed by atoms with E-state index in [9.17, 15) is 29.4 Å². The number of carbonyl (C=O) groups is 4. The molecule has 0 aromatic carbocycles. The first kappa shape index (κ1) is 25.9. The summed E-state index contributed by atoms with van der Waals surface area (Å²) < 4.78 is 11.7. The third-order valence-electron chi connectivity index (χ3n) is 4.33. The molecule has 156 valence electrons. The Labute approximate surface area is 164 Å². The van der Waals surface area contributed by atoms with Crippen LogP contribution in [0.4, 0.5) is 0 Å². The summed E-state index contributed by atoms with van der Waals surface area (Å²) in [6.45, 7) is 6.86. The van der Waals surface area contributed by atoms with Crippen molar-refractivity contribution in [1.29, 1.82) is 0 Å². The molecule has 0 saturated heterocycles. The molecule has 9 heteroatoms. The molecule has 0 aliphatic carbocycles. The van der Waals surface area contributed by atoms with Crippen molar-refractivity contribution in [2.24, 2.45) is 11.8 Å². The normalized spacial score (nSPS) is 13.8. The number of ketones is 2. The van der Waals surface area contributed by atoms with Gasteiger partial charge in [0.15, 0.2) is 0 Å². The van der Waals surface area contributed by atoms with E-state index >= 15 is 0 Å². The standard InChI is InChI=1S/2C5H7O3.2C4H9O.Ti/c2*1-3(4(2)6)5(7)8;2*1-2-3-4-5;/h2*3H,1H2,2H3,(H,7,8);2*2-4H2,1H3;/q;;2*-1;+2. The summed E-state index contributed by atoms with van der Waals surface area (Å²) in [5.41, 5.74) is 0. The van der Waals surface area contributed by atoms with E-state index in [0.29, 0.717) is 12.8 Å². The molecule has 0 spiro atoms. The Morgan fingerprint density at radius 1 is 0.778 bits per heavy atom. The van der Waals surface area contributed by atoms with Crippen LogP contribution in [-0.2, 0) is 43.2 Å². The predicted octanol–water partition coefficient (Wildman–Crippen LogP) is 3.02. The van der Waals surface area contributed by atoms with Gasteiger partial charge in [-0.1, -0.05) is 0 Å². The Morgan fingerprint density at radius 2 is 1.11 bits per heavy atom. The van der Waals surface area contributed by atoms with Crippen LogP contribution in [0.1, 0.15) is 53.4 Å². The predicted molar refractivity (Wildman–Crippen MR) is 94.9 cm³/mol. The van der Waals surface area contributed by atoms with Crippen molar-refractivity contribution in [1.82, 2.24) is 0 Å². The van der Waals surface area contributed by atoms with Gasteiger partial charge in [-0.25, -0.2) is 0 Å². The fraction of sp³-hybridized carbons (Fsp3) is 0.778. The number of Topliss-reactive ketones (excluding diaryl/α,β-unsaturated/α-hetero) is 2. The van der Waals surface area contributed by atoms with E-state index in [1.807, 2.05) is 13.8 Å². The number of hydrogen-bond donors (Lipinski definition) is 2. The van der Waals surface area contributed by atoms with Crippen molar-refractivity contribution in [3.63, 3.8) is 0 Å². The van der Waals surface area contributed by atoms with E-state index in [0.717, 1.165) is 12.8 Å². The minimum absolute atomic E-state index is 0.158. The van der Waals surface area contributed by atoms with E-state index in [1.54, 1.807) is 0 Å². The zero-order chi connectivity index (χ0) is 21.0. The number of aliphatic carboxylic acids is 2. The van der Waals surface area contributed by atoms with Crippen LogP contribution in [0.25, 0.3) is 0 Å². The summed E-state index contributed by atoms with van der Waals surface area (Å²) in [6, 6.07) is 0. The molecular formula is C18H32O8Ti. The van der Waals surface area contributed by atoms with Gasteiger partial charge in [-0.05, 0) is 0 Å². The zero-order valence-corrected chi connectivity index (χ0v) is 18.2. The van der Waals surface area contributed by atoms with Gasteiger partial charge in [0.1, 0.15) is 0 Å². The molecule has 0 bridgehead atoms. The van der Waals surface area contributed by atoms with Crippen LogP contribution in [0.15, 0.2) is 0 Å². The Kier molecular flexibility index (Phi) is 12.6. The van der Waals surface area contributed by atoms with Crippen molar-refractivity contribution in [3.8, 4) is 0 Å². The maximum atomic E-state index is 11.8. The van der Waals surface area contributed by atoms with Crippen molar-refractivity contribution < 1.29 is 53.4 Å². The number of carbonyl (C=O) groups excluding carboxylic acids is 2. The molecule has 0 amide bonds. The van der Waals surface area contributed by atoms with Crippen LogP contribution in [0.2, 0.25) is 9.45 Å². The van der Waals surface area contributed by atoms with Gasteiger partial charge in [-0.2, -0.15) is 0 Å². The summed E-state index contributed by atoms with van der Waals surface area (Å²) in [5, 5.41) is 18.8. The molecule has 27 heavy (non-hydrogen) atoms. The van der Waals surface area contributed by atoms with E-state index in [-0.39, 0.29) is 22.7 Å². The Morgan fingerprint density at radius 3 is 1.33 bits per heavy atom. The zero-order valence-electron chi connectivity index (χ0n) is 16.7. The quantitative estimate of drug-likeness (QED) is 0.220. The molecule has 0 aromatic rings. The van der Waals surface area contributed by atoms with Gasteiger partial charge in [0.2, 0.25) is 0 Å². The summed E-state index contributed by atoms with van der Waals surface area (Å²) in [5.74, 6) is -6.30. The average molecular weight is 424 g/mol. The second-order valence-corrected chi connectivity index (χ2v) is 11.7. The van der Waals surface area contributed by atoms with E-state index in [2.05, 4.69) is 0 Å². The molecule has 0 saturated carbocycles. The third-order valence-corrected chi connectivity index (χ3v) is 9.83. The average Bonchev–Trinajstić information content (AvgIpc) is 2.56. The molecular weight excluding hydrogens is 392 g/mol. The summed E-state index contributed by atoms with van der Waals surface area (Å²) >= 11 is -4.09. The molecule has 0 fully saturated rings. The maximum absolute atomic E-state index is 11.8. The first-order valence-corrected chi connectivity index (χ1v) is 12.8. The van der Waals surface area contributed by atoms with Gasteiger partial charge >= 0.3 is 165 Å². The fourth-order valence-corrected chi connectivity index (χ4v) is 8.72. The van der Waals surface area contributed by atoms with Gasteiger partial charge in [-0.15, -0.1) is 0 Å². The molecule has 2 unspecified atom stereocenters. The third kappa shape index (κ3) is 9.60. The summed E-state index contributed by atoms with van der Waals surface area (Å²) in [6.07, 6.45) is 3.05. The second kappa shape index (κ2) is 13.2. The van der Waals surface area contributed by atoms with Crippen molar-refractivity contribution in [3.05, 3.63) is 0 Å². The molecule has 0 heterocycles. The summed E-state index contributed by atoms with van der Waals surface area (Å²) in [4.78, 5) is 46.8. The first-order valence-electron chi connectivity index (χ1n) is 9.34. The Balaban J connectivity index is 5.86. The van der Waals surface area contributed by atoms with Crippen LogP contribution in [0, 0.1) is 11.8 Å². The molecule has 0 aliphatic heterocycles. The number of hydrogen-bond acceptors (Lipinski definition) is 6. The van der Waals surface area contributed by atoms with Crippen LogP contribution >= 0.6 is 0 Å². The minimum atomic E-state index is -4.09. The molecule has 0 radical (unpaired) electrons. The molecule has 2 N–H and O–H groups in total. The topological polar surface area (TPSA) is 127 Å². The Hall–Kier alpha value is -1.09. The van der Waals surface area contributed by atoms with Gasteiger partial charge in [-0.3, -0.25) is 0 Å². The number of carboxylic acids is 2. The van der Waals surface area contributed by atoms with Crippen LogP contribution in [0.5, 0.6) is 0 Å². The fourth-order valence-electron chi connectivity index (χ4n) is 2.60. The molecule has 0 rings (SSSR count). The van der Waals surface area contributed by atoms with Gasteiger partial charge < -0.3 is 0 Å². The van der Waals surface area contributed by atoms with Crippen molar-refractivity contribution >= 4 is 23.5 Å². The summed E-state index contributed by atoms with van der Waals surface area (Å²) in [7, 11) is 0.